The fourth-order valence-corrected chi connectivity index (χ4v) is 1.28. The van der Waals surface area contributed by atoms with E-state index in [0.29, 0.717) is 0 Å². The fraction of sp³-hybridized carbons (Fsp3) is 0.500. The second-order valence-corrected chi connectivity index (χ2v) is 2.97. The van der Waals surface area contributed by atoms with E-state index in [1.54, 1.807) is 0 Å². The van der Waals surface area contributed by atoms with Crippen molar-refractivity contribution in [2.24, 2.45) is 0 Å². The van der Waals surface area contributed by atoms with Gasteiger partial charge in [0.1, 0.15) is 12.2 Å². The summed E-state index contributed by atoms with van der Waals surface area (Å²) in [6.07, 6.45) is -1.25. The number of rotatable bonds is 3. The molecule has 4 nitrogen and oxygen atoms in total. The lowest BCUT2D eigenvalue weighted by molar-refractivity contribution is -0.145. The maximum Gasteiger partial charge on any atom is 0.309 e. The summed E-state index contributed by atoms with van der Waals surface area (Å²) in [7, 11) is 0. The molecule has 78 valence electrons. The minimum absolute atomic E-state index is 0.0220. The quantitative estimate of drug-likeness (QED) is 0.817. The summed E-state index contributed by atoms with van der Waals surface area (Å²) in [4.78, 5) is 10.2. The summed E-state index contributed by atoms with van der Waals surface area (Å²) in [6, 6.07) is 0. The minimum Gasteiger partial charge on any atom is -0.481 e. The van der Waals surface area contributed by atoms with Gasteiger partial charge in [-0.15, -0.1) is 0 Å². The van der Waals surface area contributed by atoms with Gasteiger partial charge in [-0.3, -0.25) is 4.79 Å². The molecule has 1 rings (SSSR count). The van der Waals surface area contributed by atoms with Gasteiger partial charge in [0, 0.05) is 0 Å². The number of hydrogen-bond donors (Lipinski definition) is 1. The first kappa shape index (κ1) is 10.6. The van der Waals surface area contributed by atoms with Crippen LogP contribution in [0.15, 0.2) is 4.52 Å². The van der Waals surface area contributed by atoms with Crippen LogP contribution in [0.25, 0.3) is 0 Å². The lowest BCUT2D eigenvalue weighted by Crippen LogP contribution is -2.19. The van der Waals surface area contributed by atoms with Gasteiger partial charge in [-0.05, 0) is 13.8 Å². The lowest BCUT2D eigenvalue weighted by Gasteiger charge is -2.12. The van der Waals surface area contributed by atoms with Crippen molar-refractivity contribution in [3.8, 4) is 0 Å². The molecule has 14 heavy (non-hydrogen) atoms. The molecular weight excluding hydrogens is 196 g/mol. The number of carboxylic acid groups (broad SMARTS) is 1. The van der Waals surface area contributed by atoms with Crippen molar-refractivity contribution in [3.05, 3.63) is 17.0 Å². The van der Waals surface area contributed by atoms with E-state index in [1.807, 2.05) is 0 Å². The van der Waals surface area contributed by atoms with Crippen LogP contribution in [-0.4, -0.2) is 16.2 Å². The number of nitrogens with zero attached hydrogens (tertiary/aromatic N) is 1. The first-order valence-electron chi connectivity index (χ1n) is 3.87. The number of halogens is 2. The predicted molar refractivity (Wildman–Crippen MR) is 42.1 cm³/mol. The van der Waals surface area contributed by atoms with E-state index in [2.05, 4.69) is 9.68 Å². The van der Waals surface area contributed by atoms with Crippen molar-refractivity contribution in [1.29, 1.82) is 0 Å². The van der Waals surface area contributed by atoms with E-state index in [-0.39, 0.29) is 11.5 Å². The third kappa shape index (κ3) is 1.89. The van der Waals surface area contributed by atoms with Crippen molar-refractivity contribution in [2.75, 3.05) is 0 Å². The van der Waals surface area contributed by atoms with Crippen LogP contribution in [0, 0.1) is 13.8 Å². The monoisotopic (exact) mass is 205 g/mol. The number of aliphatic carboxylic acids is 1. The van der Waals surface area contributed by atoms with Gasteiger partial charge in [0.2, 0.25) is 0 Å². The Hall–Kier alpha value is -1.46. The van der Waals surface area contributed by atoms with Crippen LogP contribution in [0.3, 0.4) is 0 Å². The Morgan fingerprint density at radius 1 is 1.57 bits per heavy atom. The summed E-state index contributed by atoms with van der Waals surface area (Å²) in [6.45, 7) is 2.67. The third-order valence-corrected chi connectivity index (χ3v) is 1.77. The van der Waals surface area contributed by atoms with E-state index < -0.39 is 23.9 Å². The average molecular weight is 205 g/mol. The van der Waals surface area contributed by atoms with E-state index in [9.17, 15) is 13.6 Å². The zero-order valence-electron chi connectivity index (χ0n) is 7.67. The number of carboxylic acids is 1. The molecule has 0 aromatic carbocycles. The third-order valence-electron chi connectivity index (χ3n) is 1.77. The highest BCUT2D eigenvalue weighted by atomic mass is 19.3. The number of carbonyl (C=O) groups is 1. The van der Waals surface area contributed by atoms with Gasteiger partial charge in [-0.1, -0.05) is 5.16 Å². The summed E-state index contributed by atoms with van der Waals surface area (Å²) in [5.41, 5.74) is -0.409. The standard InChI is InChI=1S/C8H9F2NO3/c1-4-7(5(2)14-11-4)8(9,10)3-6(12)13/h3H2,1-2H3,(H,12,13). The van der Waals surface area contributed by atoms with Gasteiger partial charge in [0.05, 0.1) is 11.3 Å². The van der Waals surface area contributed by atoms with Gasteiger partial charge in [0.15, 0.2) is 0 Å². The molecule has 1 aromatic heterocycles. The summed E-state index contributed by atoms with van der Waals surface area (Å²) in [5.74, 6) is -5.04. The largest absolute Gasteiger partial charge is 0.481 e. The number of aryl methyl sites for hydroxylation is 2. The first-order valence-corrected chi connectivity index (χ1v) is 3.87. The smallest absolute Gasteiger partial charge is 0.309 e. The molecular formula is C8H9F2NO3. The Morgan fingerprint density at radius 2 is 2.14 bits per heavy atom. The zero-order chi connectivity index (χ0) is 10.9. The van der Waals surface area contributed by atoms with Crippen LogP contribution in [0.4, 0.5) is 8.78 Å². The van der Waals surface area contributed by atoms with Crippen LogP contribution in [0.2, 0.25) is 0 Å². The highest BCUT2D eigenvalue weighted by molar-refractivity contribution is 5.68. The van der Waals surface area contributed by atoms with Gasteiger partial charge in [-0.2, -0.15) is 0 Å². The first-order chi connectivity index (χ1) is 6.34. The van der Waals surface area contributed by atoms with Crippen LogP contribution in [0.5, 0.6) is 0 Å². The summed E-state index contributed by atoms with van der Waals surface area (Å²) < 4.78 is 31.1. The molecule has 0 saturated heterocycles. The summed E-state index contributed by atoms with van der Waals surface area (Å²) >= 11 is 0. The molecule has 0 radical (unpaired) electrons. The number of hydrogen-bond acceptors (Lipinski definition) is 3. The molecule has 0 fully saturated rings. The van der Waals surface area contributed by atoms with Gasteiger partial charge in [-0.25, -0.2) is 8.78 Å². The average Bonchev–Trinajstić information content (AvgIpc) is 2.27. The number of alkyl halides is 2. The molecule has 0 saturated carbocycles. The topological polar surface area (TPSA) is 63.3 Å². The second kappa shape index (κ2) is 3.36. The Balaban J connectivity index is 3.08. The SMILES string of the molecule is Cc1noc(C)c1C(F)(F)CC(=O)O. The van der Waals surface area contributed by atoms with Crippen LogP contribution < -0.4 is 0 Å². The molecule has 0 spiro atoms. The van der Waals surface area contributed by atoms with Crippen LogP contribution >= 0.6 is 0 Å². The van der Waals surface area contributed by atoms with Crippen LogP contribution in [-0.2, 0) is 10.7 Å². The van der Waals surface area contributed by atoms with Crippen molar-refractivity contribution >= 4 is 5.97 Å². The Morgan fingerprint density at radius 3 is 2.50 bits per heavy atom. The van der Waals surface area contributed by atoms with Crippen LogP contribution in [0.1, 0.15) is 23.4 Å². The number of aromatic nitrogens is 1. The molecule has 6 heteroatoms. The molecule has 0 unspecified atom stereocenters. The van der Waals surface area contributed by atoms with E-state index in [4.69, 9.17) is 5.11 Å². The van der Waals surface area contributed by atoms with Crippen molar-refractivity contribution in [2.45, 2.75) is 26.2 Å². The molecule has 0 amide bonds. The molecule has 0 aliphatic rings. The van der Waals surface area contributed by atoms with Crippen molar-refractivity contribution in [3.63, 3.8) is 0 Å². The normalized spacial score (nSPS) is 11.7. The molecule has 1 N–H and O–H groups in total. The molecule has 0 aliphatic heterocycles. The maximum atomic E-state index is 13.3. The predicted octanol–water partition coefficient (Wildman–Crippen LogP) is 1.86. The van der Waals surface area contributed by atoms with Gasteiger partial charge >= 0.3 is 5.97 Å². The molecule has 1 aromatic rings. The van der Waals surface area contributed by atoms with E-state index in [0.717, 1.165) is 0 Å². The maximum absolute atomic E-state index is 13.3. The fourth-order valence-electron chi connectivity index (χ4n) is 1.28. The minimum atomic E-state index is -3.43. The Kier molecular flexibility index (Phi) is 2.55. The van der Waals surface area contributed by atoms with E-state index >= 15 is 0 Å². The Bertz CT molecular complexity index is 340. The molecule has 1 heterocycles. The molecule has 0 aliphatic carbocycles. The Labute approximate surface area is 78.5 Å². The van der Waals surface area contributed by atoms with Gasteiger partial charge < -0.3 is 9.63 Å². The highest BCUT2D eigenvalue weighted by Gasteiger charge is 2.40. The molecule has 0 atom stereocenters. The van der Waals surface area contributed by atoms with Gasteiger partial charge in [0.25, 0.3) is 5.92 Å². The van der Waals surface area contributed by atoms with Crippen molar-refractivity contribution in [1.82, 2.24) is 5.16 Å². The van der Waals surface area contributed by atoms with E-state index in [1.165, 1.54) is 13.8 Å². The van der Waals surface area contributed by atoms with Crippen molar-refractivity contribution < 1.29 is 23.2 Å². The second-order valence-electron chi connectivity index (χ2n) is 2.97. The zero-order valence-corrected chi connectivity index (χ0v) is 7.67. The highest BCUT2D eigenvalue weighted by Crippen LogP contribution is 2.35. The molecule has 0 bridgehead atoms. The lowest BCUT2D eigenvalue weighted by atomic mass is 10.0. The summed E-state index contributed by atoms with van der Waals surface area (Å²) in [5, 5.41) is 11.6.